The van der Waals surface area contributed by atoms with Crippen LogP contribution in [0.15, 0.2) is 69.9 Å². The molecule has 3 aromatic carbocycles. The zero-order valence-electron chi connectivity index (χ0n) is 14.2. The van der Waals surface area contributed by atoms with Crippen molar-refractivity contribution in [2.75, 3.05) is 5.32 Å². The standard InChI is InChI=1S/C21H11FN2O3S/c22-15-6-3-7-17-18(15)23-21(28-17)24-19(25)14-10-13-12-5-2-1-4-11(12)8-9-16(13)27-20(14)26/h1-10H,(H,23,24,25). The summed E-state index contributed by atoms with van der Waals surface area (Å²) in [7, 11) is 0. The number of fused-ring (bicyclic) bond motifs is 4. The van der Waals surface area contributed by atoms with Crippen LogP contribution < -0.4 is 10.9 Å². The fourth-order valence-corrected chi connectivity index (χ4v) is 4.04. The van der Waals surface area contributed by atoms with Crippen LogP contribution in [-0.2, 0) is 0 Å². The Morgan fingerprint density at radius 1 is 1.04 bits per heavy atom. The van der Waals surface area contributed by atoms with Crippen LogP contribution in [0.4, 0.5) is 9.52 Å². The number of anilines is 1. The van der Waals surface area contributed by atoms with Gasteiger partial charge in [0, 0.05) is 5.39 Å². The molecule has 0 fully saturated rings. The molecule has 0 atom stereocenters. The van der Waals surface area contributed by atoms with Crippen molar-refractivity contribution in [3.05, 3.63) is 82.5 Å². The Kier molecular flexibility index (Phi) is 3.70. The van der Waals surface area contributed by atoms with Crippen LogP contribution in [0.1, 0.15) is 10.4 Å². The molecule has 7 heteroatoms. The Labute approximate surface area is 161 Å². The summed E-state index contributed by atoms with van der Waals surface area (Å²) < 4.78 is 19.8. The predicted octanol–water partition coefficient (Wildman–Crippen LogP) is 4.95. The van der Waals surface area contributed by atoms with Gasteiger partial charge in [-0.2, -0.15) is 0 Å². The average molecular weight is 390 g/mol. The third-order valence-electron chi connectivity index (χ3n) is 4.48. The van der Waals surface area contributed by atoms with Crippen molar-refractivity contribution in [1.82, 2.24) is 4.98 Å². The summed E-state index contributed by atoms with van der Waals surface area (Å²) in [5.74, 6) is -1.12. The van der Waals surface area contributed by atoms with E-state index in [1.807, 2.05) is 30.3 Å². The van der Waals surface area contributed by atoms with Gasteiger partial charge in [-0.25, -0.2) is 14.2 Å². The van der Waals surface area contributed by atoms with Gasteiger partial charge in [0.15, 0.2) is 5.13 Å². The molecule has 0 aliphatic carbocycles. The highest BCUT2D eigenvalue weighted by Gasteiger charge is 2.17. The molecule has 2 aromatic heterocycles. The maximum atomic E-state index is 13.8. The summed E-state index contributed by atoms with van der Waals surface area (Å²) in [6.45, 7) is 0. The van der Waals surface area contributed by atoms with E-state index in [0.717, 1.165) is 22.1 Å². The highest BCUT2D eigenvalue weighted by molar-refractivity contribution is 7.22. The van der Waals surface area contributed by atoms with Crippen LogP contribution >= 0.6 is 11.3 Å². The van der Waals surface area contributed by atoms with Gasteiger partial charge in [0.05, 0.1) is 4.70 Å². The van der Waals surface area contributed by atoms with Crippen LogP contribution in [0.5, 0.6) is 0 Å². The van der Waals surface area contributed by atoms with Gasteiger partial charge in [0.2, 0.25) is 0 Å². The molecule has 0 aliphatic heterocycles. The molecule has 0 unspecified atom stereocenters. The smallest absolute Gasteiger partial charge is 0.349 e. The molecule has 1 N–H and O–H groups in total. The third-order valence-corrected chi connectivity index (χ3v) is 5.41. The molecule has 5 nitrogen and oxygen atoms in total. The number of amides is 1. The number of thiazole rings is 1. The lowest BCUT2D eigenvalue weighted by Crippen LogP contribution is -2.20. The van der Waals surface area contributed by atoms with Gasteiger partial charge in [-0.05, 0) is 35.0 Å². The molecule has 0 spiro atoms. The van der Waals surface area contributed by atoms with Crippen LogP contribution in [0.3, 0.4) is 0 Å². The van der Waals surface area contributed by atoms with Gasteiger partial charge in [-0.15, -0.1) is 0 Å². The molecular formula is C21H11FN2O3S. The van der Waals surface area contributed by atoms with Gasteiger partial charge < -0.3 is 4.42 Å². The number of aromatic nitrogens is 1. The van der Waals surface area contributed by atoms with E-state index in [-0.39, 0.29) is 16.2 Å². The fraction of sp³-hybridized carbons (Fsp3) is 0. The lowest BCUT2D eigenvalue weighted by molar-refractivity contribution is 0.102. The van der Waals surface area contributed by atoms with Gasteiger partial charge >= 0.3 is 5.63 Å². The van der Waals surface area contributed by atoms with Crippen molar-refractivity contribution in [3.8, 4) is 0 Å². The first kappa shape index (κ1) is 16.6. The number of carbonyl (C=O) groups is 1. The molecule has 0 saturated carbocycles. The summed E-state index contributed by atoms with van der Waals surface area (Å²) in [5.41, 5.74) is -0.294. The molecule has 0 bridgehead atoms. The summed E-state index contributed by atoms with van der Waals surface area (Å²) in [4.78, 5) is 29.1. The minimum atomic E-state index is -0.743. The van der Waals surface area contributed by atoms with Crippen LogP contribution in [-0.4, -0.2) is 10.9 Å². The summed E-state index contributed by atoms with van der Waals surface area (Å²) in [5, 5.41) is 5.29. The molecule has 5 aromatic rings. The van der Waals surface area contributed by atoms with Crippen molar-refractivity contribution >= 4 is 54.3 Å². The number of hydrogen-bond acceptors (Lipinski definition) is 5. The quantitative estimate of drug-likeness (QED) is 0.342. The molecule has 1 amide bonds. The van der Waals surface area contributed by atoms with Crippen molar-refractivity contribution in [1.29, 1.82) is 0 Å². The van der Waals surface area contributed by atoms with E-state index in [9.17, 15) is 14.0 Å². The van der Waals surface area contributed by atoms with Gasteiger partial charge in [-0.1, -0.05) is 47.7 Å². The lowest BCUT2D eigenvalue weighted by Gasteiger charge is -2.05. The molecule has 0 aliphatic rings. The van der Waals surface area contributed by atoms with E-state index in [1.54, 1.807) is 18.2 Å². The Hall–Kier alpha value is -3.58. The van der Waals surface area contributed by atoms with E-state index in [2.05, 4.69) is 10.3 Å². The van der Waals surface area contributed by atoms with Crippen molar-refractivity contribution in [2.45, 2.75) is 0 Å². The number of nitrogens with one attached hydrogen (secondary N) is 1. The first-order valence-electron chi connectivity index (χ1n) is 8.42. The van der Waals surface area contributed by atoms with Crippen LogP contribution in [0.2, 0.25) is 0 Å². The molecule has 136 valence electrons. The van der Waals surface area contributed by atoms with E-state index in [4.69, 9.17) is 4.42 Å². The summed E-state index contributed by atoms with van der Waals surface area (Å²) in [6, 6.07) is 17.3. The van der Waals surface area contributed by atoms with Crippen LogP contribution in [0, 0.1) is 5.82 Å². The van der Waals surface area contributed by atoms with E-state index in [0.29, 0.717) is 15.7 Å². The number of nitrogens with zero attached hydrogens (tertiary/aromatic N) is 1. The second-order valence-corrected chi connectivity index (χ2v) is 7.24. The minimum absolute atomic E-state index is 0.136. The number of halogens is 1. The van der Waals surface area contributed by atoms with E-state index >= 15 is 0 Å². The van der Waals surface area contributed by atoms with E-state index in [1.165, 1.54) is 12.1 Å². The topological polar surface area (TPSA) is 72.2 Å². The Balaban J connectivity index is 1.60. The maximum absolute atomic E-state index is 13.8. The molecule has 0 saturated heterocycles. The largest absolute Gasteiger partial charge is 0.422 e. The molecule has 5 rings (SSSR count). The summed E-state index contributed by atoms with van der Waals surface area (Å²) in [6.07, 6.45) is 0. The number of carbonyl (C=O) groups excluding carboxylic acids is 1. The van der Waals surface area contributed by atoms with Gasteiger partial charge in [0.25, 0.3) is 5.91 Å². The first-order valence-corrected chi connectivity index (χ1v) is 9.24. The van der Waals surface area contributed by atoms with E-state index < -0.39 is 17.3 Å². The highest BCUT2D eigenvalue weighted by atomic mass is 32.1. The Morgan fingerprint density at radius 3 is 2.75 bits per heavy atom. The number of para-hydroxylation sites is 1. The number of rotatable bonds is 2. The molecule has 28 heavy (non-hydrogen) atoms. The summed E-state index contributed by atoms with van der Waals surface area (Å²) >= 11 is 1.13. The fourth-order valence-electron chi connectivity index (χ4n) is 3.16. The van der Waals surface area contributed by atoms with Crippen molar-refractivity contribution in [2.24, 2.45) is 0 Å². The maximum Gasteiger partial charge on any atom is 0.349 e. The van der Waals surface area contributed by atoms with Gasteiger partial charge in [-0.3, -0.25) is 10.1 Å². The SMILES string of the molecule is O=C(Nc1nc2c(F)cccc2s1)c1cc2c(ccc3ccccc32)oc1=O. The predicted molar refractivity (Wildman–Crippen MR) is 108 cm³/mol. The number of hydrogen-bond donors (Lipinski definition) is 1. The molecular weight excluding hydrogens is 379 g/mol. The number of benzene rings is 3. The Bertz CT molecular complexity index is 1460. The monoisotopic (exact) mass is 390 g/mol. The van der Waals surface area contributed by atoms with Crippen molar-refractivity contribution in [3.63, 3.8) is 0 Å². The second-order valence-electron chi connectivity index (χ2n) is 6.21. The second kappa shape index (κ2) is 6.24. The van der Waals surface area contributed by atoms with Gasteiger partial charge in [0.1, 0.15) is 22.5 Å². The average Bonchev–Trinajstić information content (AvgIpc) is 3.11. The molecule has 2 heterocycles. The molecule has 0 radical (unpaired) electrons. The third kappa shape index (κ3) is 2.64. The highest BCUT2D eigenvalue weighted by Crippen LogP contribution is 2.28. The normalized spacial score (nSPS) is 11.3. The lowest BCUT2D eigenvalue weighted by atomic mass is 10.0. The van der Waals surface area contributed by atoms with Crippen molar-refractivity contribution < 1.29 is 13.6 Å². The van der Waals surface area contributed by atoms with Crippen LogP contribution in [0.25, 0.3) is 32.0 Å². The first-order chi connectivity index (χ1) is 13.6. The minimum Gasteiger partial charge on any atom is -0.422 e. The zero-order valence-corrected chi connectivity index (χ0v) is 15.0. The Morgan fingerprint density at radius 2 is 1.89 bits per heavy atom. The zero-order chi connectivity index (χ0) is 19.3.